The largest absolute Gasteiger partial charge is 1.00 e. The summed E-state index contributed by atoms with van der Waals surface area (Å²) in [6.45, 7) is 1.13. The lowest BCUT2D eigenvalue weighted by atomic mass is 10.2. The van der Waals surface area contributed by atoms with Gasteiger partial charge in [-0.1, -0.05) is 23.9 Å². The monoisotopic (exact) mass is 315 g/mol. The molecule has 2 N–H and O–H groups in total. The number of benzene rings is 1. The summed E-state index contributed by atoms with van der Waals surface area (Å²) in [6, 6.07) is 6.78. The first-order chi connectivity index (χ1) is 9.31. The molecule has 2 heterocycles. The van der Waals surface area contributed by atoms with Crippen LogP contribution >= 0.6 is 11.8 Å². The van der Waals surface area contributed by atoms with E-state index in [2.05, 4.69) is 15.5 Å². The van der Waals surface area contributed by atoms with E-state index < -0.39 is 0 Å². The Morgan fingerprint density at radius 2 is 2.10 bits per heavy atom. The Morgan fingerprint density at radius 3 is 2.80 bits per heavy atom. The van der Waals surface area contributed by atoms with Gasteiger partial charge in [-0.05, 0) is 17.7 Å². The smallest absolute Gasteiger partial charge is 0.277 e. The molecule has 108 valence electrons. The number of aromatic nitrogens is 2. The maximum Gasteiger partial charge on any atom is 0.277 e. The van der Waals surface area contributed by atoms with Crippen LogP contribution in [0.25, 0.3) is 0 Å². The van der Waals surface area contributed by atoms with E-state index >= 15 is 0 Å². The van der Waals surface area contributed by atoms with E-state index in [0.717, 1.165) is 24.4 Å². The maximum atomic E-state index is 12.8. The van der Waals surface area contributed by atoms with Gasteiger partial charge in [-0.15, -0.1) is 10.2 Å². The Kier molecular flexibility index (Phi) is 5.39. The highest BCUT2D eigenvalue weighted by Crippen LogP contribution is 2.24. The van der Waals surface area contributed by atoms with Crippen LogP contribution < -0.4 is 17.7 Å². The van der Waals surface area contributed by atoms with Crippen LogP contribution in [0.15, 0.2) is 33.9 Å². The second kappa shape index (κ2) is 7.06. The summed E-state index contributed by atoms with van der Waals surface area (Å²) in [6.07, 6.45) is 2.30. The highest BCUT2D eigenvalue weighted by molar-refractivity contribution is 7.98. The quantitative estimate of drug-likeness (QED) is 0.728. The van der Waals surface area contributed by atoms with Gasteiger partial charge < -0.3 is 22.1 Å². The topological polar surface area (TPSA) is 55.5 Å². The molecular weight excluding hydrogens is 301 g/mol. The van der Waals surface area contributed by atoms with Crippen molar-refractivity contribution in [2.24, 2.45) is 0 Å². The number of hydrogen-bond acceptors (Lipinski definition) is 4. The summed E-state index contributed by atoms with van der Waals surface area (Å²) >= 11 is 1.48. The van der Waals surface area contributed by atoms with Gasteiger partial charge in [-0.25, -0.2) is 4.39 Å². The minimum Gasteiger partial charge on any atom is -1.00 e. The first-order valence-corrected chi connectivity index (χ1v) is 7.34. The predicted octanol–water partition coefficient (Wildman–Crippen LogP) is -1.10. The second-order valence-corrected chi connectivity index (χ2v) is 5.52. The molecule has 1 aliphatic heterocycles. The number of halogens is 2. The number of nitrogens with zero attached hydrogens (tertiary/aromatic N) is 2. The average molecular weight is 316 g/mol. The van der Waals surface area contributed by atoms with Crippen LogP contribution in [-0.2, 0) is 5.75 Å². The molecule has 7 heteroatoms. The van der Waals surface area contributed by atoms with Crippen molar-refractivity contribution < 1.29 is 26.5 Å². The Morgan fingerprint density at radius 1 is 1.30 bits per heavy atom. The Labute approximate surface area is 127 Å². The molecule has 20 heavy (non-hydrogen) atoms. The van der Waals surface area contributed by atoms with E-state index in [-0.39, 0.29) is 18.2 Å². The van der Waals surface area contributed by atoms with Crippen LogP contribution in [0.4, 0.5) is 4.39 Å². The van der Waals surface area contributed by atoms with Crippen molar-refractivity contribution in [2.75, 3.05) is 6.54 Å². The number of rotatable bonds is 4. The third-order valence-corrected chi connectivity index (χ3v) is 4.07. The van der Waals surface area contributed by atoms with Crippen molar-refractivity contribution in [1.29, 1.82) is 0 Å². The minimum atomic E-state index is -0.217. The van der Waals surface area contributed by atoms with Gasteiger partial charge in [0.2, 0.25) is 0 Å². The van der Waals surface area contributed by atoms with Crippen LogP contribution in [-0.4, -0.2) is 16.7 Å². The molecule has 1 saturated heterocycles. The van der Waals surface area contributed by atoms with Crippen LogP contribution in [0.1, 0.15) is 30.3 Å². The lowest BCUT2D eigenvalue weighted by Crippen LogP contribution is -3.00. The average Bonchev–Trinajstić information content (AvgIpc) is 3.09. The van der Waals surface area contributed by atoms with Gasteiger partial charge in [0, 0.05) is 18.6 Å². The van der Waals surface area contributed by atoms with Crippen molar-refractivity contribution >= 4 is 11.8 Å². The van der Waals surface area contributed by atoms with Gasteiger partial charge in [-0.2, -0.15) is 0 Å². The zero-order chi connectivity index (χ0) is 13.1. The molecule has 3 rings (SSSR count). The SMILES string of the molecule is Fc1ccc(CSc2nnc([C@@H]3CCC[NH2+]3)o2)cc1.[Cl-]. The third kappa shape index (κ3) is 3.71. The molecule has 0 radical (unpaired) electrons. The van der Waals surface area contributed by atoms with Crippen molar-refractivity contribution in [3.63, 3.8) is 0 Å². The van der Waals surface area contributed by atoms with E-state index in [1.807, 2.05) is 0 Å². The molecule has 0 bridgehead atoms. The van der Waals surface area contributed by atoms with Crippen LogP contribution in [0.5, 0.6) is 0 Å². The molecule has 1 aliphatic rings. The second-order valence-electron chi connectivity index (χ2n) is 4.59. The standard InChI is InChI=1S/C13H14FN3OS.ClH/c14-10-5-3-9(4-6-10)8-19-13-17-16-12(18-13)11-2-1-7-15-11;/h3-6,11,15H,1-2,7-8H2;1H/t11-;/m0./s1. The van der Waals surface area contributed by atoms with Gasteiger partial charge in [0.15, 0.2) is 6.04 Å². The summed E-state index contributed by atoms with van der Waals surface area (Å²) < 4.78 is 18.4. The maximum absolute atomic E-state index is 12.8. The molecule has 1 atom stereocenters. The first kappa shape index (κ1) is 15.3. The Balaban J connectivity index is 0.00000147. The lowest BCUT2D eigenvalue weighted by Gasteiger charge is -1.99. The zero-order valence-electron chi connectivity index (χ0n) is 10.8. The molecule has 1 aromatic heterocycles. The van der Waals surface area contributed by atoms with Crippen LogP contribution in [0, 0.1) is 5.82 Å². The zero-order valence-corrected chi connectivity index (χ0v) is 12.3. The summed E-state index contributed by atoms with van der Waals surface area (Å²) in [5.41, 5.74) is 1.04. The number of thioether (sulfide) groups is 1. The Bertz CT molecular complexity index is 543. The highest BCUT2D eigenvalue weighted by Gasteiger charge is 2.26. The lowest BCUT2D eigenvalue weighted by molar-refractivity contribution is -0.678. The van der Waals surface area contributed by atoms with Crippen molar-refractivity contribution in [3.05, 3.63) is 41.5 Å². The summed E-state index contributed by atoms with van der Waals surface area (Å²) in [5.74, 6) is 1.21. The molecule has 0 unspecified atom stereocenters. The van der Waals surface area contributed by atoms with Gasteiger partial charge in [0.05, 0.1) is 6.54 Å². The summed E-state index contributed by atoms with van der Waals surface area (Å²) in [5, 5.41) is 11.0. The van der Waals surface area contributed by atoms with Crippen molar-refractivity contribution in [3.8, 4) is 0 Å². The minimum absolute atomic E-state index is 0. The molecule has 1 fully saturated rings. The van der Waals surface area contributed by atoms with E-state index in [0.29, 0.717) is 17.0 Å². The van der Waals surface area contributed by atoms with E-state index in [1.165, 1.54) is 30.3 Å². The molecule has 2 aromatic rings. The highest BCUT2D eigenvalue weighted by atomic mass is 35.5. The number of nitrogens with two attached hydrogens (primary N) is 1. The molecule has 4 nitrogen and oxygen atoms in total. The molecule has 0 saturated carbocycles. The van der Waals surface area contributed by atoms with E-state index in [1.54, 1.807) is 12.1 Å². The van der Waals surface area contributed by atoms with Crippen molar-refractivity contribution in [1.82, 2.24) is 10.2 Å². The van der Waals surface area contributed by atoms with E-state index in [4.69, 9.17) is 4.42 Å². The number of quaternary nitrogens is 1. The number of hydrogen-bond donors (Lipinski definition) is 1. The van der Waals surface area contributed by atoms with Gasteiger partial charge in [0.1, 0.15) is 5.82 Å². The normalized spacial score (nSPS) is 17.9. The molecule has 0 spiro atoms. The molecule has 1 aromatic carbocycles. The summed E-state index contributed by atoms with van der Waals surface area (Å²) in [4.78, 5) is 0. The fourth-order valence-electron chi connectivity index (χ4n) is 2.15. The van der Waals surface area contributed by atoms with E-state index in [9.17, 15) is 4.39 Å². The fourth-order valence-corrected chi connectivity index (χ4v) is 2.88. The van der Waals surface area contributed by atoms with Gasteiger partial charge in [-0.3, -0.25) is 0 Å². The summed E-state index contributed by atoms with van der Waals surface area (Å²) in [7, 11) is 0. The van der Waals surface area contributed by atoms with Crippen LogP contribution in [0.3, 0.4) is 0 Å². The molecule has 0 amide bonds. The molecule has 0 aliphatic carbocycles. The predicted molar refractivity (Wildman–Crippen MR) is 69.0 cm³/mol. The third-order valence-electron chi connectivity index (χ3n) is 3.19. The first-order valence-electron chi connectivity index (χ1n) is 6.35. The molecular formula is C13H15ClFN3OS. The van der Waals surface area contributed by atoms with Gasteiger partial charge >= 0.3 is 0 Å². The Hall–Kier alpha value is -1.11. The van der Waals surface area contributed by atoms with Gasteiger partial charge in [0.25, 0.3) is 11.1 Å². The van der Waals surface area contributed by atoms with Crippen LogP contribution in [0.2, 0.25) is 0 Å². The fraction of sp³-hybridized carbons (Fsp3) is 0.385. The van der Waals surface area contributed by atoms with Crippen molar-refractivity contribution in [2.45, 2.75) is 29.9 Å².